The summed E-state index contributed by atoms with van der Waals surface area (Å²) in [6.45, 7) is 11.0. The molecule has 0 saturated heterocycles. The van der Waals surface area contributed by atoms with Crippen molar-refractivity contribution in [3.8, 4) is 0 Å². The zero-order valence-corrected chi connectivity index (χ0v) is 34.0. The molecular formula is C42H59N7O9. The van der Waals surface area contributed by atoms with Crippen LogP contribution in [0.15, 0.2) is 60.8 Å². The van der Waals surface area contributed by atoms with Gasteiger partial charge in [-0.05, 0) is 41.4 Å². The molecule has 2 aromatic carbocycles. The molecule has 3 aromatic rings. The molecule has 0 spiro atoms. The topological polar surface area (TPSA) is 262 Å². The standard InChI is InChI=1S/C42H59N7O9/c1-7-24(5)35(43)40(55)49-36(25(6)8-2)41(56)47-32(20-27-22-44-29-17-13-12-16-28(27)29)39(54)46-31(19-26-14-10-9-11-15-26)38(53)45-30(18-23(3)4)37(52)48-33(42(57)58)21-34(50)51/h9-17,22-25,30-33,35-36,44H,7-8,18-21,43H2,1-6H3,(H,45,53)(H,46,54)(H,47,56)(H,48,52)(H,49,55)(H,50,51)(H,57,58)/t24?,25?,30?,31-,32?,33?,35?,36?/m1/s1. The van der Waals surface area contributed by atoms with Gasteiger partial charge in [-0.1, -0.05) is 103 Å². The van der Waals surface area contributed by atoms with Gasteiger partial charge in [-0.2, -0.15) is 0 Å². The van der Waals surface area contributed by atoms with Crippen LogP contribution in [-0.4, -0.2) is 92.9 Å². The lowest BCUT2D eigenvalue weighted by Crippen LogP contribution is -2.61. The summed E-state index contributed by atoms with van der Waals surface area (Å²) in [5, 5.41) is 32.8. The Hall–Kier alpha value is -5.77. The number of hydrogen-bond donors (Lipinski definition) is 9. The van der Waals surface area contributed by atoms with Gasteiger partial charge in [-0.25, -0.2) is 4.79 Å². The molecule has 10 N–H and O–H groups in total. The number of carboxylic acids is 2. The third-order valence-corrected chi connectivity index (χ3v) is 10.3. The van der Waals surface area contributed by atoms with Gasteiger partial charge in [0, 0.05) is 29.9 Å². The SMILES string of the molecule is CCC(C)C(N)C(=O)NC(C(=O)NC(Cc1c[nH]c2ccccc12)C(=O)N[C@H](Cc1ccccc1)C(=O)NC(CC(C)C)C(=O)NC(CC(=O)O)C(=O)O)C(C)CC. The number of carbonyl (C=O) groups excluding carboxylic acids is 5. The van der Waals surface area contributed by atoms with Crippen molar-refractivity contribution in [1.29, 1.82) is 0 Å². The summed E-state index contributed by atoms with van der Waals surface area (Å²) in [6.07, 6.45) is 2.04. The second-order valence-electron chi connectivity index (χ2n) is 15.3. The molecule has 16 heteroatoms. The lowest BCUT2D eigenvalue weighted by molar-refractivity contribution is -0.147. The normalized spacial score (nSPS) is 15.4. The van der Waals surface area contributed by atoms with Crippen molar-refractivity contribution in [2.75, 3.05) is 0 Å². The molecule has 8 atom stereocenters. The summed E-state index contributed by atoms with van der Waals surface area (Å²) in [4.78, 5) is 95.5. The number of nitrogens with one attached hydrogen (secondary N) is 6. The van der Waals surface area contributed by atoms with E-state index in [2.05, 4.69) is 31.6 Å². The minimum absolute atomic E-state index is 0.00660. The quantitative estimate of drug-likeness (QED) is 0.0676. The molecule has 0 aliphatic rings. The number of benzene rings is 2. The van der Waals surface area contributed by atoms with E-state index >= 15 is 0 Å². The number of amides is 5. The molecule has 58 heavy (non-hydrogen) atoms. The molecule has 316 valence electrons. The molecule has 16 nitrogen and oxygen atoms in total. The van der Waals surface area contributed by atoms with E-state index in [1.54, 1.807) is 57.3 Å². The van der Waals surface area contributed by atoms with Crippen LogP contribution in [0.5, 0.6) is 0 Å². The Morgan fingerprint density at radius 2 is 1.17 bits per heavy atom. The first-order chi connectivity index (χ1) is 27.4. The van der Waals surface area contributed by atoms with Gasteiger partial charge in [0.1, 0.15) is 30.2 Å². The summed E-state index contributed by atoms with van der Waals surface area (Å²) >= 11 is 0. The number of fused-ring (bicyclic) bond motifs is 1. The van der Waals surface area contributed by atoms with Gasteiger partial charge >= 0.3 is 11.9 Å². The fraction of sp³-hybridized carbons (Fsp3) is 0.500. The summed E-state index contributed by atoms with van der Waals surface area (Å²) in [5.41, 5.74) is 8.38. The van der Waals surface area contributed by atoms with Crippen LogP contribution < -0.4 is 32.3 Å². The molecule has 0 aliphatic heterocycles. The van der Waals surface area contributed by atoms with Gasteiger partial charge in [0.05, 0.1) is 12.5 Å². The van der Waals surface area contributed by atoms with Crippen LogP contribution in [0.2, 0.25) is 0 Å². The molecule has 0 fully saturated rings. The first-order valence-corrected chi connectivity index (χ1v) is 19.8. The van der Waals surface area contributed by atoms with Crippen LogP contribution in [-0.2, 0) is 46.4 Å². The average molecular weight is 806 g/mol. The van der Waals surface area contributed by atoms with Crippen LogP contribution in [0.1, 0.15) is 78.4 Å². The van der Waals surface area contributed by atoms with E-state index in [9.17, 15) is 43.8 Å². The predicted octanol–water partition coefficient (Wildman–Crippen LogP) is 2.40. The molecule has 7 unspecified atom stereocenters. The summed E-state index contributed by atoms with van der Waals surface area (Å²) in [7, 11) is 0. The lowest BCUT2D eigenvalue weighted by atomic mass is 9.94. The Kier molecular flexibility index (Phi) is 17.9. The van der Waals surface area contributed by atoms with Crippen LogP contribution in [0.3, 0.4) is 0 Å². The Balaban J connectivity index is 2.00. The van der Waals surface area contributed by atoms with Gasteiger partial charge in [-0.3, -0.25) is 28.8 Å². The number of rotatable bonds is 23. The molecule has 0 bridgehead atoms. The maximum absolute atomic E-state index is 14.5. The average Bonchev–Trinajstić information content (AvgIpc) is 3.60. The highest BCUT2D eigenvalue weighted by Crippen LogP contribution is 2.20. The first kappa shape index (κ1) is 46.6. The Morgan fingerprint density at radius 1 is 0.638 bits per heavy atom. The first-order valence-electron chi connectivity index (χ1n) is 19.8. The van der Waals surface area contributed by atoms with Gasteiger partial charge in [0.15, 0.2) is 0 Å². The van der Waals surface area contributed by atoms with Gasteiger partial charge in [-0.15, -0.1) is 0 Å². The predicted molar refractivity (Wildman–Crippen MR) is 218 cm³/mol. The van der Waals surface area contributed by atoms with Crippen LogP contribution in [0, 0.1) is 17.8 Å². The van der Waals surface area contributed by atoms with E-state index in [1.807, 2.05) is 45.0 Å². The minimum atomic E-state index is -1.75. The Bertz CT molecular complexity index is 1880. The van der Waals surface area contributed by atoms with E-state index in [0.717, 1.165) is 10.9 Å². The molecular weight excluding hydrogens is 747 g/mol. The highest BCUT2D eigenvalue weighted by atomic mass is 16.4. The van der Waals surface area contributed by atoms with E-state index < -0.39 is 84.1 Å². The minimum Gasteiger partial charge on any atom is -0.481 e. The molecule has 5 amide bonds. The Morgan fingerprint density at radius 3 is 1.76 bits per heavy atom. The van der Waals surface area contributed by atoms with Crippen molar-refractivity contribution < 1.29 is 43.8 Å². The number of hydrogen-bond acceptors (Lipinski definition) is 8. The van der Waals surface area contributed by atoms with E-state index in [-0.39, 0.29) is 37.0 Å². The number of aromatic nitrogens is 1. The number of aromatic amines is 1. The molecule has 0 saturated carbocycles. The monoisotopic (exact) mass is 805 g/mol. The summed E-state index contributed by atoms with van der Waals surface area (Å²) in [5.74, 6) is -7.19. The fourth-order valence-corrected chi connectivity index (χ4v) is 6.41. The summed E-state index contributed by atoms with van der Waals surface area (Å²) < 4.78 is 0. The second kappa shape index (κ2) is 22.2. The lowest BCUT2D eigenvalue weighted by Gasteiger charge is -2.29. The van der Waals surface area contributed by atoms with Gasteiger partial charge < -0.3 is 47.5 Å². The number of para-hydroxylation sites is 1. The molecule has 1 aromatic heterocycles. The zero-order valence-electron chi connectivity index (χ0n) is 34.0. The number of nitrogens with two attached hydrogens (primary N) is 1. The van der Waals surface area contributed by atoms with Crippen molar-refractivity contribution >= 4 is 52.4 Å². The maximum Gasteiger partial charge on any atom is 0.326 e. The van der Waals surface area contributed by atoms with Crippen molar-refractivity contribution in [2.24, 2.45) is 23.5 Å². The van der Waals surface area contributed by atoms with Crippen LogP contribution >= 0.6 is 0 Å². The molecule has 0 aliphatic carbocycles. The second-order valence-corrected chi connectivity index (χ2v) is 15.3. The summed E-state index contributed by atoms with van der Waals surface area (Å²) in [6, 6.07) is 8.73. The van der Waals surface area contributed by atoms with Crippen molar-refractivity contribution in [3.63, 3.8) is 0 Å². The number of carbonyl (C=O) groups is 7. The van der Waals surface area contributed by atoms with E-state index in [1.165, 1.54) is 0 Å². The third kappa shape index (κ3) is 13.7. The molecule has 0 radical (unpaired) electrons. The highest BCUT2D eigenvalue weighted by Gasteiger charge is 2.35. The molecule has 1 heterocycles. The van der Waals surface area contributed by atoms with E-state index in [4.69, 9.17) is 5.73 Å². The fourth-order valence-electron chi connectivity index (χ4n) is 6.41. The number of H-pyrrole nitrogens is 1. The third-order valence-electron chi connectivity index (χ3n) is 10.3. The smallest absolute Gasteiger partial charge is 0.326 e. The van der Waals surface area contributed by atoms with Crippen molar-refractivity contribution in [2.45, 2.75) is 116 Å². The van der Waals surface area contributed by atoms with Crippen LogP contribution in [0.4, 0.5) is 0 Å². The van der Waals surface area contributed by atoms with Gasteiger partial charge in [0.2, 0.25) is 29.5 Å². The Labute approximate surface area is 338 Å². The number of aliphatic carboxylic acids is 2. The highest BCUT2D eigenvalue weighted by molar-refractivity contribution is 5.97. The van der Waals surface area contributed by atoms with Crippen molar-refractivity contribution in [1.82, 2.24) is 31.6 Å². The largest absolute Gasteiger partial charge is 0.481 e. The maximum atomic E-state index is 14.5. The van der Waals surface area contributed by atoms with E-state index in [0.29, 0.717) is 24.0 Å². The zero-order chi connectivity index (χ0) is 43.1. The van der Waals surface area contributed by atoms with Crippen LogP contribution in [0.25, 0.3) is 10.9 Å². The van der Waals surface area contributed by atoms with Crippen molar-refractivity contribution in [3.05, 3.63) is 71.9 Å². The molecule has 3 rings (SSSR count). The van der Waals surface area contributed by atoms with Gasteiger partial charge in [0.25, 0.3) is 0 Å². The number of carboxylic acid groups (broad SMARTS) is 2.